The fourth-order valence-corrected chi connectivity index (χ4v) is 2.98. The highest BCUT2D eigenvalue weighted by molar-refractivity contribution is 6.10. The topological polar surface area (TPSA) is 41.6 Å². The maximum absolute atomic E-state index is 8.45. The Kier molecular flexibility index (Phi) is 8.30. The molecule has 2 aromatic carbocycles. The first kappa shape index (κ1) is 21.2. The molecule has 0 saturated carbocycles. The van der Waals surface area contributed by atoms with Crippen LogP contribution in [0.5, 0.6) is 0 Å². The van der Waals surface area contributed by atoms with Crippen LogP contribution in [0.4, 0.5) is 0 Å². The quantitative estimate of drug-likeness (QED) is 0.569. The summed E-state index contributed by atoms with van der Waals surface area (Å²) in [7, 11) is 5.73. The van der Waals surface area contributed by atoms with E-state index in [9.17, 15) is 0 Å². The van der Waals surface area contributed by atoms with E-state index < -0.39 is 0 Å². The summed E-state index contributed by atoms with van der Waals surface area (Å²) in [5.74, 6) is 0.0641. The largest absolute Gasteiger partial charge is 0.336 e. The van der Waals surface area contributed by atoms with Gasteiger partial charge in [0.1, 0.15) is 0 Å². The Labute approximate surface area is 169 Å². The van der Waals surface area contributed by atoms with Crippen molar-refractivity contribution in [1.29, 1.82) is 5.26 Å². The van der Waals surface area contributed by atoms with E-state index in [4.69, 9.17) is 13.1 Å². The van der Waals surface area contributed by atoms with Crippen molar-refractivity contribution < 1.29 is 0 Å². The number of aryl methyl sites for hydroxylation is 2. The van der Waals surface area contributed by atoms with Crippen molar-refractivity contribution >= 4 is 13.4 Å². The van der Waals surface area contributed by atoms with Gasteiger partial charge in [-0.3, -0.25) is 0 Å². The maximum atomic E-state index is 8.45. The molecular formula is C24H26BN3. The van der Waals surface area contributed by atoms with Crippen LogP contribution in [-0.4, -0.2) is 17.4 Å². The fourth-order valence-electron chi connectivity index (χ4n) is 2.98. The smallest absolute Gasteiger partial charge is 0.0946 e. The van der Waals surface area contributed by atoms with Gasteiger partial charge >= 0.3 is 0 Å². The number of hydrogen-bond acceptors (Lipinski definition) is 2. The van der Waals surface area contributed by atoms with Gasteiger partial charge in [-0.15, -0.1) is 0 Å². The van der Waals surface area contributed by atoms with Gasteiger partial charge in [-0.05, 0) is 48.6 Å². The molecule has 4 heteroatoms. The van der Waals surface area contributed by atoms with E-state index in [0.717, 1.165) is 6.54 Å². The van der Waals surface area contributed by atoms with E-state index in [0.29, 0.717) is 6.32 Å². The van der Waals surface area contributed by atoms with Crippen LogP contribution in [0.2, 0.25) is 6.32 Å². The molecule has 3 rings (SSSR count). The van der Waals surface area contributed by atoms with Crippen LogP contribution in [0.1, 0.15) is 29.2 Å². The van der Waals surface area contributed by atoms with Crippen molar-refractivity contribution in [2.24, 2.45) is 5.92 Å². The van der Waals surface area contributed by atoms with Gasteiger partial charge in [0.25, 0.3) is 0 Å². The third-order valence-electron chi connectivity index (χ3n) is 4.46. The molecule has 140 valence electrons. The van der Waals surface area contributed by atoms with E-state index in [-0.39, 0.29) is 5.92 Å². The number of allylic oxidation sites excluding steroid dienone is 1. The van der Waals surface area contributed by atoms with Crippen molar-refractivity contribution in [2.45, 2.75) is 33.6 Å². The zero-order valence-electron chi connectivity index (χ0n) is 16.8. The van der Waals surface area contributed by atoms with Gasteiger partial charge < -0.3 is 4.57 Å². The van der Waals surface area contributed by atoms with E-state index >= 15 is 0 Å². The van der Waals surface area contributed by atoms with Crippen LogP contribution < -0.4 is 0 Å². The number of benzene rings is 2. The first-order chi connectivity index (χ1) is 13.6. The molecular weight excluding hydrogens is 341 g/mol. The zero-order chi connectivity index (χ0) is 20.4. The summed E-state index contributed by atoms with van der Waals surface area (Å²) in [6.45, 7) is 6.90. The Hall–Kier alpha value is -3.06. The second-order valence-corrected chi connectivity index (χ2v) is 6.77. The first-order valence-electron chi connectivity index (χ1n) is 9.44. The van der Waals surface area contributed by atoms with Gasteiger partial charge in [0.2, 0.25) is 0 Å². The van der Waals surface area contributed by atoms with Crippen LogP contribution in [0.3, 0.4) is 0 Å². The summed E-state index contributed by atoms with van der Waals surface area (Å²) in [6, 6.07) is 19.0. The van der Waals surface area contributed by atoms with Crippen LogP contribution in [0.25, 0.3) is 5.57 Å². The number of nitriles is 1. The molecule has 1 atom stereocenters. The number of rotatable bonds is 5. The Morgan fingerprint density at radius 1 is 1.11 bits per heavy atom. The van der Waals surface area contributed by atoms with Gasteiger partial charge in [0, 0.05) is 18.9 Å². The SMILES string of the molecule is CC(C#N)Cn1ccnc1.[B]CC=C(c1ccccc1C)c1ccccc1C. The molecule has 0 aliphatic heterocycles. The van der Waals surface area contributed by atoms with Crippen molar-refractivity contribution in [1.82, 2.24) is 9.55 Å². The first-order valence-corrected chi connectivity index (χ1v) is 9.44. The molecule has 0 saturated heterocycles. The maximum Gasteiger partial charge on any atom is 0.0946 e. The van der Waals surface area contributed by atoms with E-state index in [2.05, 4.69) is 79.5 Å². The van der Waals surface area contributed by atoms with Crippen LogP contribution >= 0.6 is 0 Å². The second-order valence-electron chi connectivity index (χ2n) is 6.77. The molecule has 3 aromatic rings. The summed E-state index contributed by atoms with van der Waals surface area (Å²) in [5.41, 5.74) is 6.31. The molecule has 0 fully saturated rings. The Bertz CT molecular complexity index is 889. The highest BCUT2D eigenvalue weighted by Crippen LogP contribution is 2.28. The predicted molar refractivity (Wildman–Crippen MR) is 117 cm³/mol. The number of imidazole rings is 1. The highest BCUT2D eigenvalue weighted by Gasteiger charge is 2.08. The Balaban J connectivity index is 0.000000237. The normalized spacial score (nSPS) is 10.9. The Morgan fingerprint density at radius 3 is 2.11 bits per heavy atom. The van der Waals surface area contributed by atoms with E-state index in [1.807, 2.05) is 17.7 Å². The molecule has 2 radical (unpaired) electrons. The lowest BCUT2D eigenvalue weighted by Gasteiger charge is -2.13. The van der Waals surface area contributed by atoms with Crippen molar-refractivity contribution in [3.8, 4) is 6.07 Å². The second kappa shape index (κ2) is 10.9. The summed E-state index contributed by atoms with van der Waals surface area (Å²) in [5, 5.41) is 8.45. The lowest BCUT2D eigenvalue weighted by Crippen LogP contribution is -2.02. The molecule has 0 spiro atoms. The van der Waals surface area contributed by atoms with E-state index in [1.165, 1.54) is 27.8 Å². The molecule has 1 heterocycles. The van der Waals surface area contributed by atoms with Gasteiger partial charge in [-0.2, -0.15) is 5.26 Å². The highest BCUT2D eigenvalue weighted by atomic mass is 15.0. The van der Waals surface area contributed by atoms with Crippen LogP contribution in [0, 0.1) is 31.1 Å². The third-order valence-corrected chi connectivity index (χ3v) is 4.46. The minimum Gasteiger partial charge on any atom is -0.336 e. The van der Waals surface area contributed by atoms with Gasteiger partial charge in [-0.1, -0.05) is 60.9 Å². The molecule has 3 nitrogen and oxygen atoms in total. The standard InChI is InChI=1S/C17H17B.C7H9N3/c1-13-7-3-5-9-15(13)17(11-12-18)16-10-6-4-8-14(16)2;1-7(4-8)5-10-3-2-9-6-10/h3-11H,12H2,1-2H3;2-3,6-7H,5H2,1H3. The average Bonchev–Trinajstić information content (AvgIpc) is 3.21. The van der Waals surface area contributed by atoms with Crippen molar-refractivity contribution in [2.75, 3.05) is 0 Å². The monoisotopic (exact) mass is 367 g/mol. The minimum absolute atomic E-state index is 0.0641. The zero-order valence-corrected chi connectivity index (χ0v) is 16.8. The minimum atomic E-state index is 0.0641. The van der Waals surface area contributed by atoms with Gasteiger partial charge in [0.05, 0.1) is 26.2 Å². The van der Waals surface area contributed by atoms with Crippen molar-refractivity contribution in [3.63, 3.8) is 0 Å². The summed E-state index contributed by atoms with van der Waals surface area (Å²) in [6.07, 6.45) is 7.94. The van der Waals surface area contributed by atoms with Gasteiger partial charge in [0.15, 0.2) is 0 Å². The summed E-state index contributed by atoms with van der Waals surface area (Å²) in [4.78, 5) is 3.86. The molecule has 0 aliphatic rings. The van der Waals surface area contributed by atoms with Gasteiger partial charge in [-0.25, -0.2) is 4.98 Å². The lowest BCUT2D eigenvalue weighted by atomic mass is 9.89. The molecule has 0 amide bonds. The molecule has 0 bridgehead atoms. The average molecular weight is 367 g/mol. The molecule has 1 aromatic heterocycles. The number of nitrogens with zero attached hydrogens (tertiary/aromatic N) is 3. The summed E-state index contributed by atoms with van der Waals surface area (Å²) >= 11 is 0. The molecule has 0 N–H and O–H groups in total. The Morgan fingerprint density at radius 2 is 1.68 bits per heavy atom. The van der Waals surface area contributed by atoms with Crippen LogP contribution in [-0.2, 0) is 6.54 Å². The fraction of sp³-hybridized carbons (Fsp3) is 0.250. The summed E-state index contributed by atoms with van der Waals surface area (Å²) < 4.78 is 1.90. The van der Waals surface area contributed by atoms with Crippen molar-refractivity contribution in [3.05, 3.63) is 95.6 Å². The molecule has 1 unspecified atom stereocenters. The predicted octanol–water partition coefficient (Wildman–Crippen LogP) is 5.36. The van der Waals surface area contributed by atoms with Crippen LogP contribution in [0.15, 0.2) is 73.3 Å². The number of aromatic nitrogens is 2. The number of hydrogen-bond donors (Lipinski definition) is 0. The lowest BCUT2D eigenvalue weighted by molar-refractivity contribution is 0.580. The molecule has 28 heavy (non-hydrogen) atoms. The molecule has 0 aliphatic carbocycles. The third kappa shape index (κ3) is 5.99. The van der Waals surface area contributed by atoms with E-state index in [1.54, 1.807) is 12.5 Å².